The third kappa shape index (κ3) is 2.57. The monoisotopic (exact) mass is 338 g/mol. The van der Waals surface area contributed by atoms with E-state index in [2.05, 4.69) is 33.4 Å². The van der Waals surface area contributed by atoms with Crippen molar-refractivity contribution < 1.29 is 9.59 Å². The molecule has 1 N–H and O–H groups in total. The van der Waals surface area contributed by atoms with Crippen LogP contribution >= 0.6 is 0 Å². The van der Waals surface area contributed by atoms with E-state index in [4.69, 9.17) is 0 Å². The summed E-state index contributed by atoms with van der Waals surface area (Å²) in [5.74, 6) is -0.0916. The van der Waals surface area contributed by atoms with Gasteiger partial charge in [-0.15, -0.1) is 0 Å². The van der Waals surface area contributed by atoms with Crippen LogP contribution < -0.4 is 5.32 Å². The van der Waals surface area contributed by atoms with Gasteiger partial charge in [-0.2, -0.15) is 0 Å². The van der Waals surface area contributed by atoms with Gasteiger partial charge in [0.05, 0.1) is 5.52 Å². The number of likely N-dealkylation sites (tertiary alicyclic amines) is 1. The maximum Gasteiger partial charge on any atom is 0.325 e. The zero-order valence-corrected chi connectivity index (χ0v) is 14.5. The first-order valence-electron chi connectivity index (χ1n) is 8.71. The number of benzene rings is 1. The smallest absolute Gasteiger partial charge is 0.322 e. The highest BCUT2D eigenvalue weighted by Crippen LogP contribution is 2.31. The van der Waals surface area contributed by atoms with E-state index in [0.29, 0.717) is 13.0 Å². The average Bonchev–Trinajstić information content (AvgIpc) is 3.09. The van der Waals surface area contributed by atoms with Gasteiger partial charge in [-0.3, -0.25) is 19.6 Å². The predicted octanol–water partition coefficient (Wildman–Crippen LogP) is 2.14. The number of urea groups is 1. The third-order valence-electron chi connectivity index (χ3n) is 5.17. The zero-order chi connectivity index (χ0) is 17.6. The Morgan fingerprint density at radius 1 is 1.24 bits per heavy atom. The molecule has 3 amide bonds. The van der Waals surface area contributed by atoms with Crippen molar-refractivity contribution in [3.63, 3.8) is 0 Å². The van der Waals surface area contributed by atoms with Crippen LogP contribution in [0.4, 0.5) is 4.79 Å². The molecule has 25 heavy (non-hydrogen) atoms. The van der Waals surface area contributed by atoms with Gasteiger partial charge >= 0.3 is 6.03 Å². The number of amides is 3. The maximum absolute atomic E-state index is 12.8. The van der Waals surface area contributed by atoms with Crippen LogP contribution in [0.1, 0.15) is 25.8 Å². The molecule has 0 unspecified atom stereocenters. The number of nitrogens with zero attached hydrogens (tertiary/aromatic N) is 3. The standard InChI is InChI=1S/C19H22N4O2/c1-13(2)23-17(24)19(21-18(23)25)8-10-22(12-19)11-15-6-3-5-14-7-4-9-20-16(14)15/h3-7,9,13H,8,10-12H2,1-2H3,(H,21,25)/t19-/m1/s1. The van der Waals surface area contributed by atoms with E-state index in [1.165, 1.54) is 4.90 Å². The lowest BCUT2D eigenvalue weighted by Crippen LogP contribution is -2.49. The summed E-state index contributed by atoms with van der Waals surface area (Å²) in [4.78, 5) is 33.1. The first-order chi connectivity index (χ1) is 12.0. The Hall–Kier alpha value is -2.47. The van der Waals surface area contributed by atoms with Crippen molar-refractivity contribution in [3.05, 3.63) is 42.1 Å². The molecule has 2 saturated heterocycles. The second-order valence-corrected chi connectivity index (χ2v) is 7.23. The number of carbonyl (C=O) groups is 2. The molecule has 6 heteroatoms. The van der Waals surface area contributed by atoms with Crippen LogP contribution in [0.3, 0.4) is 0 Å². The summed E-state index contributed by atoms with van der Waals surface area (Å²) >= 11 is 0. The van der Waals surface area contributed by atoms with Crippen molar-refractivity contribution >= 4 is 22.8 Å². The summed E-state index contributed by atoms with van der Waals surface area (Å²) in [6, 6.07) is 9.77. The molecule has 0 aliphatic carbocycles. The SMILES string of the molecule is CC(C)N1C(=O)N[C@@]2(CCN(Cc3cccc4cccnc34)C2)C1=O. The molecule has 1 aromatic carbocycles. The van der Waals surface area contributed by atoms with Gasteiger partial charge in [0.2, 0.25) is 0 Å². The number of fused-ring (bicyclic) bond motifs is 1. The molecule has 2 aliphatic heterocycles. The number of nitrogens with one attached hydrogen (secondary N) is 1. The zero-order valence-electron chi connectivity index (χ0n) is 14.5. The summed E-state index contributed by atoms with van der Waals surface area (Å²) in [6.45, 7) is 5.78. The molecule has 2 fully saturated rings. The molecule has 2 aliphatic rings. The van der Waals surface area contributed by atoms with Crippen molar-refractivity contribution in [1.29, 1.82) is 0 Å². The van der Waals surface area contributed by atoms with Gasteiger partial charge in [-0.25, -0.2) is 4.79 Å². The number of hydrogen-bond donors (Lipinski definition) is 1. The molecule has 0 saturated carbocycles. The minimum Gasteiger partial charge on any atom is -0.322 e. The Balaban J connectivity index is 1.55. The highest BCUT2D eigenvalue weighted by molar-refractivity contribution is 6.07. The van der Waals surface area contributed by atoms with Crippen molar-refractivity contribution in [2.45, 2.75) is 38.4 Å². The number of aromatic nitrogens is 1. The maximum atomic E-state index is 12.8. The van der Waals surface area contributed by atoms with Gasteiger partial charge in [-0.1, -0.05) is 24.3 Å². The van der Waals surface area contributed by atoms with Gasteiger partial charge in [0.1, 0.15) is 5.54 Å². The van der Waals surface area contributed by atoms with Gasteiger partial charge in [-0.05, 0) is 31.9 Å². The van der Waals surface area contributed by atoms with Crippen molar-refractivity contribution in [2.75, 3.05) is 13.1 Å². The Kier molecular flexibility index (Phi) is 3.72. The van der Waals surface area contributed by atoms with E-state index in [9.17, 15) is 9.59 Å². The van der Waals surface area contributed by atoms with E-state index in [-0.39, 0.29) is 18.0 Å². The molecular formula is C19H22N4O2. The highest BCUT2D eigenvalue weighted by atomic mass is 16.2. The topological polar surface area (TPSA) is 65.5 Å². The van der Waals surface area contributed by atoms with Crippen molar-refractivity contribution in [3.8, 4) is 0 Å². The molecule has 3 heterocycles. The molecule has 130 valence electrons. The van der Waals surface area contributed by atoms with E-state index in [1.807, 2.05) is 26.0 Å². The van der Waals surface area contributed by atoms with Crippen LogP contribution in [0.15, 0.2) is 36.5 Å². The van der Waals surface area contributed by atoms with Crippen LogP contribution in [0.5, 0.6) is 0 Å². The Morgan fingerprint density at radius 2 is 2.04 bits per heavy atom. The fourth-order valence-electron chi connectivity index (χ4n) is 3.95. The van der Waals surface area contributed by atoms with Gasteiger partial charge in [0.15, 0.2) is 0 Å². The summed E-state index contributed by atoms with van der Waals surface area (Å²) < 4.78 is 0. The van der Waals surface area contributed by atoms with E-state index >= 15 is 0 Å². The molecule has 2 aromatic rings. The number of rotatable bonds is 3. The second-order valence-electron chi connectivity index (χ2n) is 7.23. The quantitative estimate of drug-likeness (QED) is 0.871. The molecule has 6 nitrogen and oxygen atoms in total. The predicted molar refractivity (Wildman–Crippen MR) is 94.9 cm³/mol. The van der Waals surface area contributed by atoms with Gasteiger partial charge in [0, 0.05) is 37.3 Å². The largest absolute Gasteiger partial charge is 0.325 e. The lowest BCUT2D eigenvalue weighted by atomic mass is 9.98. The fraction of sp³-hybridized carbons (Fsp3) is 0.421. The van der Waals surface area contributed by atoms with Crippen LogP contribution in [0.25, 0.3) is 10.9 Å². The van der Waals surface area contributed by atoms with E-state index < -0.39 is 5.54 Å². The fourth-order valence-corrected chi connectivity index (χ4v) is 3.95. The molecule has 1 atom stereocenters. The molecule has 0 radical (unpaired) electrons. The lowest BCUT2D eigenvalue weighted by Gasteiger charge is -2.23. The molecular weight excluding hydrogens is 316 g/mol. The average molecular weight is 338 g/mol. The summed E-state index contributed by atoms with van der Waals surface area (Å²) in [6.07, 6.45) is 2.46. The lowest BCUT2D eigenvalue weighted by molar-refractivity contribution is -0.132. The van der Waals surface area contributed by atoms with Crippen LogP contribution in [0.2, 0.25) is 0 Å². The van der Waals surface area contributed by atoms with Crippen molar-refractivity contribution in [2.24, 2.45) is 0 Å². The normalized spacial score (nSPS) is 24.0. The van der Waals surface area contributed by atoms with Crippen molar-refractivity contribution in [1.82, 2.24) is 20.1 Å². The summed E-state index contributed by atoms with van der Waals surface area (Å²) in [5.41, 5.74) is 1.38. The number of hydrogen-bond acceptors (Lipinski definition) is 4. The van der Waals surface area contributed by atoms with Gasteiger partial charge in [0.25, 0.3) is 5.91 Å². The summed E-state index contributed by atoms with van der Waals surface area (Å²) in [5, 5.41) is 4.06. The molecule has 1 aromatic heterocycles. The number of para-hydroxylation sites is 1. The van der Waals surface area contributed by atoms with Gasteiger partial charge < -0.3 is 5.32 Å². The Bertz CT molecular complexity index is 845. The number of imide groups is 1. The Morgan fingerprint density at radius 3 is 2.80 bits per heavy atom. The second kappa shape index (κ2) is 5.81. The van der Waals surface area contributed by atoms with Crippen LogP contribution in [-0.4, -0.2) is 51.4 Å². The summed E-state index contributed by atoms with van der Waals surface area (Å²) in [7, 11) is 0. The minimum atomic E-state index is -0.765. The number of pyridine rings is 1. The third-order valence-corrected chi connectivity index (χ3v) is 5.17. The minimum absolute atomic E-state index is 0.0916. The van der Waals surface area contributed by atoms with E-state index in [1.54, 1.807) is 6.20 Å². The van der Waals surface area contributed by atoms with Crippen LogP contribution in [-0.2, 0) is 11.3 Å². The molecule has 4 rings (SSSR count). The van der Waals surface area contributed by atoms with E-state index in [0.717, 1.165) is 29.6 Å². The number of carbonyl (C=O) groups excluding carboxylic acids is 2. The first kappa shape index (κ1) is 16.0. The first-order valence-corrected chi connectivity index (χ1v) is 8.71. The highest BCUT2D eigenvalue weighted by Gasteiger charge is 2.55. The Labute approximate surface area is 146 Å². The van der Waals surface area contributed by atoms with Crippen LogP contribution in [0, 0.1) is 0 Å². The molecule has 1 spiro atoms. The molecule has 0 bridgehead atoms.